The number of para-hydroxylation sites is 1. The van der Waals surface area contributed by atoms with E-state index in [1.165, 1.54) is 41.3 Å². The number of carbonyl (C=O) groups excluding carboxylic acids is 3. The van der Waals surface area contributed by atoms with Gasteiger partial charge in [0.15, 0.2) is 18.1 Å². The van der Waals surface area contributed by atoms with E-state index >= 15 is 0 Å². The molecular formula is C35H33N3O8S. The number of ketones is 1. The number of Topliss-reactive ketones (excluding diaryl/α,β-unsaturated/α-hetero) is 1. The summed E-state index contributed by atoms with van der Waals surface area (Å²) in [5, 5.41) is 0.773. The summed E-state index contributed by atoms with van der Waals surface area (Å²) in [6.07, 6.45) is 0.750. The predicted molar refractivity (Wildman–Crippen MR) is 177 cm³/mol. The molecule has 0 radical (unpaired) electrons. The van der Waals surface area contributed by atoms with E-state index in [-0.39, 0.29) is 21.9 Å². The van der Waals surface area contributed by atoms with Crippen LogP contribution >= 0.6 is 0 Å². The second-order valence-corrected chi connectivity index (χ2v) is 12.4. The molecular weight excluding hydrogens is 622 g/mol. The molecule has 47 heavy (non-hydrogen) atoms. The number of amides is 1. The molecule has 0 atom stereocenters. The molecule has 1 aliphatic heterocycles. The van der Waals surface area contributed by atoms with Crippen LogP contribution in [0, 0.1) is 0 Å². The number of anilines is 1. The van der Waals surface area contributed by atoms with Crippen molar-refractivity contribution in [1.29, 1.82) is 0 Å². The second kappa shape index (κ2) is 14.2. The number of benzene rings is 4. The Kier molecular flexibility index (Phi) is 9.91. The Morgan fingerprint density at radius 1 is 0.894 bits per heavy atom. The van der Waals surface area contributed by atoms with Crippen molar-refractivity contribution in [3.63, 3.8) is 0 Å². The van der Waals surface area contributed by atoms with Crippen LogP contribution < -0.4 is 14.2 Å². The molecule has 0 saturated carbocycles. The third kappa shape index (κ3) is 7.45. The van der Waals surface area contributed by atoms with Crippen LogP contribution in [0.25, 0.3) is 22.2 Å². The Morgan fingerprint density at radius 3 is 2.21 bits per heavy atom. The maximum atomic E-state index is 13.5. The number of fused-ring (bicyclic) bond motifs is 2. The van der Waals surface area contributed by atoms with Crippen LogP contribution in [0.2, 0.25) is 0 Å². The highest BCUT2D eigenvalue weighted by Gasteiger charge is 2.24. The maximum absolute atomic E-state index is 13.5. The molecule has 0 spiro atoms. The van der Waals surface area contributed by atoms with Crippen LogP contribution in [0.1, 0.15) is 20.7 Å². The number of esters is 1. The van der Waals surface area contributed by atoms with Gasteiger partial charge in [-0.2, -0.15) is 0 Å². The van der Waals surface area contributed by atoms with Crippen molar-refractivity contribution in [3.05, 3.63) is 108 Å². The normalized spacial score (nSPS) is 12.0. The van der Waals surface area contributed by atoms with Crippen molar-refractivity contribution in [2.75, 3.05) is 38.6 Å². The Morgan fingerprint density at radius 2 is 1.53 bits per heavy atom. The molecule has 2 heterocycles. The molecule has 6 rings (SSSR count). The summed E-state index contributed by atoms with van der Waals surface area (Å²) in [4.78, 5) is 37.2. The van der Waals surface area contributed by atoms with Gasteiger partial charge in [0.1, 0.15) is 13.2 Å². The van der Waals surface area contributed by atoms with Crippen molar-refractivity contribution in [1.82, 2.24) is 9.47 Å². The SMILES string of the molecule is CN(C)C=O.Cn1c(-c2ccccc2)c(C(=O)COC(=O)c2ccc(NS(=O)(=O)c3ccc4c(c3)OCCO4)cc2)c2ccccc21. The van der Waals surface area contributed by atoms with Gasteiger partial charge in [-0.15, -0.1) is 0 Å². The van der Waals surface area contributed by atoms with Gasteiger partial charge in [-0.3, -0.25) is 14.3 Å². The summed E-state index contributed by atoms with van der Waals surface area (Å²) >= 11 is 0. The van der Waals surface area contributed by atoms with Gasteiger partial charge in [0.2, 0.25) is 12.2 Å². The molecule has 0 unspecified atom stereocenters. The van der Waals surface area contributed by atoms with Crippen molar-refractivity contribution >= 4 is 44.8 Å². The fraction of sp³-hybridized carbons (Fsp3) is 0.171. The molecule has 0 aliphatic carbocycles. The number of aryl methyl sites for hydroxylation is 1. The monoisotopic (exact) mass is 655 g/mol. The lowest BCUT2D eigenvalue weighted by atomic mass is 10.0. The summed E-state index contributed by atoms with van der Waals surface area (Å²) in [6.45, 7) is 0.284. The zero-order chi connectivity index (χ0) is 33.6. The summed E-state index contributed by atoms with van der Waals surface area (Å²) in [7, 11) is 1.35. The highest BCUT2D eigenvalue weighted by molar-refractivity contribution is 7.92. The first-order valence-corrected chi connectivity index (χ1v) is 16.0. The first-order valence-electron chi connectivity index (χ1n) is 14.6. The van der Waals surface area contributed by atoms with Crippen LogP contribution in [0.15, 0.2) is 102 Å². The quantitative estimate of drug-likeness (QED) is 0.131. The molecule has 0 saturated heterocycles. The Balaban J connectivity index is 0.000000807. The van der Waals surface area contributed by atoms with Gasteiger partial charge in [-0.1, -0.05) is 48.5 Å². The van der Waals surface area contributed by atoms with E-state index in [4.69, 9.17) is 14.2 Å². The predicted octanol–water partition coefficient (Wildman–Crippen LogP) is 5.16. The zero-order valence-electron chi connectivity index (χ0n) is 26.0. The maximum Gasteiger partial charge on any atom is 0.338 e. The molecule has 12 heteroatoms. The van der Waals surface area contributed by atoms with E-state index in [9.17, 15) is 22.8 Å². The number of nitrogens with one attached hydrogen (secondary N) is 1. The molecule has 1 amide bonds. The topological polar surface area (TPSA) is 133 Å². The van der Waals surface area contributed by atoms with Gasteiger partial charge in [0.05, 0.1) is 21.7 Å². The van der Waals surface area contributed by atoms with E-state index in [1.807, 2.05) is 66.2 Å². The molecule has 1 aliphatic rings. The number of sulfonamides is 1. The van der Waals surface area contributed by atoms with Crippen LogP contribution in [0.3, 0.4) is 0 Å². The van der Waals surface area contributed by atoms with E-state index < -0.39 is 22.6 Å². The summed E-state index contributed by atoms with van der Waals surface area (Å²) in [5.41, 5.74) is 3.41. The third-order valence-electron chi connectivity index (χ3n) is 7.17. The Labute approximate surface area is 272 Å². The molecule has 11 nitrogen and oxygen atoms in total. The van der Waals surface area contributed by atoms with Crippen molar-refractivity contribution in [3.8, 4) is 22.8 Å². The van der Waals surface area contributed by atoms with E-state index in [2.05, 4.69) is 4.72 Å². The van der Waals surface area contributed by atoms with E-state index in [0.29, 0.717) is 30.3 Å². The van der Waals surface area contributed by atoms with Gasteiger partial charge in [0.25, 0.3) is 10.0 Å². The number of nitrogens with zero attached hydrogens (tertiary/aromatic N) is 2. The average Bonchev–Trinajstić information content (AvgIpc) is 3.39. The zero-order valence-corrected chi connectivity index (χ0v) is 26.8. The molecule has 242 valence electrons. The molecule has 1 N–H and O–H groups in total. The van der Waals surface area contributed by atoms with Crippen molar-refractivity contribution < 1.29 is 37.0 Å². The number of carbonyl (C=O) groups is 3. The lowest BCUT2D eigenvalue weighted by molar-refractivity contribution is -0.115. The smallest absolute Gasteiger partial charge is 0.338 e. The Bertz CT molecular complexity index is 2020. The van der Waals surface area contributed by atoms with Crippen LogP contribution in [0.4, 0.5) is 5.69 Å². The van der Waals surface area contributed by atoms with Crippen LogP contribution in [0.5, 0.6) is 11.5 Å². The van der Waals surface area contributed by atoms with Crippen molar-refractivity contribution in [2.24, 2.45) is 7.05 Å². The third-order valence-corrected chi connectivity index (χ3v) is 8.55. The second-order valence-electron chi connectivity index (χ2n) is 10.7. The minimum Gasteiger partial charge on any atom is -0.486 e. The first-order chi connectivity index (χ1) is 22.6. The van der Waals surface area contributed by atoms with E-state index in [1.54, 1.807) is 20.2 Å². The molecule has 1 aromatic heterocycles. The highest BCUT2D eigenvalue weighted by Crippen LogP contribution is 2.34. The summed E-state index contributed by atoms with van der Waals surface area (Å²) in [5.74, 6) is -0.191. The number of hydrogen-bond acceptors (Lipinski definition) is 8. The fourth-order valence-electron chi connectivity index (χ4n) is 4.98. The standard InChI is InChI=1S/C32H26N2O7S.C3H7NO/c1-34-26-10-6-5-9-25(26)30(31(34)21-7-3-2-4-8-21)27(35)20-41-32(36)22-11-13-23(14-12-22)33-42(37,38)24-15-16-28-29(19-24)40-18-17-39-28;1-4(2)3-5/h2-16,19,33H,17-18,20H2,1H3;3H,1-2H3. The van der Waals surface area contributed by atoms with Gasteiger partial charge < -0.3 is 23.7 Å². The van der Waals surface area contributed by atoms with Gasteiger partial charge >= 0.3 is 5.97 Å². The van der Waals surface area contributed by atoms with Gasteiger partial charge in [0, 0.05) is 43.8 Å². The van der Waals surface area contributed by atoms with Crippen LogP contribution in [-0.2, 0) is 26.6 Å². The van der Waals surface area contributed by atoms with Crippen LogP contribution in [-0.4, -0.2) is 70.0 Å². The molecule has 5 aromatic rings. The molecule has 0 bridgehead atoms. The minimum atomic E-state index is -3.92. The highest BCUT2D eigenvalue weighted by atomic mass is 32.2. The van der Waals surface area contributed by atoms with Crippen molar-refractivity contribution in [2.45, 2.75) is 4.90 Å². The summed E-state index contributed by atoms with van der Waals surface area (Å²) in [6, 6.07) is 27.3. The van der Waals surface area contributed by atoms with Gasteiger partial charge in [-0.05, 0) is 48.0 Å². The minimum absolute atomic E-state index is 0.0112. The summed E-state index contributed by atoms with van der Waals surface area (Å²) < 4.78 is 46.6. The number of hydrogen-bond donors (Lipinski definition) is 1. The largest absolute Gasteiger partial charge is 0.486 e. The number of ether oxygens (including phenoxy) is 3. The number of rotatable bonds is 9. The fourth-order valence-corrected chi connectivity index (χ4v) is 6.05. The van der Waals surface area contributed by atoms with Gasteiger partial charge in [-0.25, -0.2) is 13.2 Å². The first kappa shape index (κ1) is 32.8. The Hall–Kier alpha value is -5.62. The lowest BCUT2D eigenvalue weighted by Crippen LogP contribution is -2.17. The van der Waals surface area contributed by atoms with E-state index in [0.717, 1.165) is 28.6 Å². The lowest BCUT2D eigenvalue weighted by Gasteiger charge is -2.19. The molecule has 4 aromatic carbocycles. The average molecular weight is 656 g/mol. The molecule has 0 fully saturated rings. The number of aromatic nitrogens is 1.